The van der Waals surface area contributed by atoms with Crippen molar-refractivity contribution >= 4 is 65.7 Å². The van der Waals surface area contributed by atoms with E-state index in [1.54, 1.807) is 29.5 Å². The van der Waals surface area contributed by atoms with Gasteiger partial charge in [-0.15, -0.1) is 11.3 Å². The van der Waals surface area contributed by atoms with Crippen LogP contribution in [-0.4, -0.2) is 23.0 Å². The number of carbonyl (C=O) groups excluding carboxylic acids is 1. The monoisotopic (exact) mass is 389 g/mol. The molecule has 5 nitrogen and oxygen atoms in total. The Balaban J connectivity index is 1.72. The predicted octanol–water partition coefficient (Wildman–Crippen LogP) is 5.13. The van der Waals surface area contributed by atoms with Crippen LogP contribution in [0, 0.1) is 6.92 Å². The Kier molecular flexibility index (Phi) is 4.07. The minimum atomic E-state index is -0.310. The number of aryl methyl sites for hydroxylation is 1. The first-order valence-corrected chi connectivity index (χ1v) is 9.38. The van der Waals surface area contributed by atoms with Crippen LogP contribution in [0.3, 0.4) is 0 Å². The van der Waals surface area contributed by atoms with E-state index in [0.29, 0.717) is 21.5 Å². The van der Waals surface area contributed by atoms with Gasteiger partial charge in [0.2, 0.25) is 0 Å². The number of fused-ring (bicyclic) bond motifs is 3. The first-order chi connectivity index (χ1) is 12.0. The molecule has 4 aromatic rings. The molecular formula is C17H12ClN3O2S2. The van der Waals surface area contributed by atoms with Gasteiger partial charge in [0.15, 0.2) is 5.13 Å². The summed E-state index contributed by atoms with van der Waals surface area (Å²) in [6, 6.07) is 8.79. The standard InChI is InChI=1S/C17H12ClN3O2S2/c1-8-19-11-4-5-12-15(14(11)24-8)25-17(20-12)21-16(22)10-7-9(18)3-6-13(10)23-2/h3-7H,1-2H3,(H,20,21,22). The Morgan fingerprint density at radius 2 is 1.84 bits per heavy atom. The van der Waals surface area contributed by atoms with E-state index in [-0.39, 0.29) is 5.91 Å². The average molecular weight is 390 g/mol. The molecule has 8 heteroatoms. The average Bonchev–Trinajstić information content (AvgIpc) is 3.16. The molecule has 2 aromatic heterocycles. The molecule has 25 heavy (non-hydrogen) atoms. The fourth-order valence-electron chi connectivity index (χ4n) is 2.56. The highest BCUT2D eigenvalue weighted by atomic mass is 35.5. The normalized spacial score (nSPS) is 11.2. The molecule has 0 bridgehead atoms. The fraction of sp³-hybridized carbons (Fsp3) is 0.118. The Labute approximate surface area is 156 Å². The molecule has 4 rings (SSSR count). The van der Waals surface area contributed by atoms with Crippen molar-refractivity contribution < 1.29 is 9.53 Å². The van der Waals surface area contributed by atoms with Crippen LogP contribution < -0.4 is 10.1 Å². The van der Waals surface area contributed by atoms with Gasteiger partial charge in [-0.05, 0) is 37.3 Å². The highest BCUT2D eigenvalue weighted by Gasteiger charge is 2.16. The third-order valence-corrected chi connectivity index (χ3v) is 6.02. The molecule has 0 radical (unpaired) electrons. The molecule has 0 aliphatic carbocycles. The van der Waals surface area contributed by atoms with Crippen LogP contribution in [0.4, 0.5) is 5.13 Å². The van der Waals surface area contributed by atoms with Crippen LogP contribution >= 0.6 is 34.3 Å². The maximum absolute atomic E-state index is 12.6. The van der Waals surface area contributed by atoms with Crippen molar-refractivity contribution in [1.29, 1.82) is 0 Å². The van der Waals surface area contributed by atoms with Gasteiger partial charge in [0.25, 0.3) is 5.91 Å². The van der Waals surface area contributed by atoms with Gasteiger partial charge in [-0.2, -0.15) is 0 Å². The minimum absolute atomic E-state index is 0.310. The Hall–Kier alpha value is -2.22. The van der Waals surface area contributed by atoms with Gasteiger partial charge in [0.1, 0.15) is 5.75 Å². The van der Waals surface area contributed by atoms with Gasteiger partial charge in [-0.25, -0.2) is 9.97 Å². The number of hydrogen-bond acceptors (Lipinski definition) is 6. The van der Waals surface area contributed by atoms with E-state index in [2.05, 4.69) is 15.3 Å². The Bertz CT molecular complexity index is 1120. The summed E-state index contributed by atoms with van der Waals surface area (Å²) in [4.78, 5) is 21.6. The van der Waals surface area contributed by atoms with Crippen molar-refractivity contribution in [1.82, 2.24) is 9.97 Å². The largest absolute Gasteiger partial charge is 0.496 e. The zero-order chi connectivity index (χ0) is 17.6. The quantitative estimate of drug-likeness (QED) is 0.527. The molecule has 0 saturated carbocycles. The number of carbonyl (C=O) groups is 1. The van der Waals surface area contributed by atoms with E-state index in [9.17, 15) is 4.79 Å². The molecule has 1 N–H and O–H groups in total. The summed E-state index contributed by atoms with van der Waals surface area (Å²) in [5, 5.41) is 4.84. The van der Waals surface area contributed by atoms with Crippen LogP contribution in [0.1, 0.15) is 15.4 Å². The molecule has 0 saturated heterocycles. The zero-order valence-electron chi connectivity index (χ0n) is 13.3. The number of thiazole rings is 2. The second-order valence-electron chi connectivity index (χ2n) is 5.31. The molecule has 0 aliphatic rings. The van der Waals surface area contributed by atoms with E-state index in [4.69, 9.17) is 16.3 Å². The number of nitrogens with one attached hydrogen (secondary N) is 1. The van der Waals surface area contributed by atoms with Crippen molar-refractivity contribution in [2.24, 2.45) is 0 Å². The number of rotatable bonds is 3. The smallest absolute Gasteiger partial charge is 0.261 e. The second kappa shape index (κ2) is 6.25. The number of ether oxygens (including phenoxy) is 1. The highest BCUT2D eigenvalue weighted by Crippen LogP contribution is 2.36. The van der Waals surface area contributed by atoms with Crippen molar-refractivity contribution in [3.8, 4) is 5.75 Å². The molecule has 0 aliphatic heterocycles. The van der Waals surface area contributed by atoms with Gasteiger partial charge >= 0.3 is 0 Å². The molecule has 0 spiro atoms. The maximum Gasteiger partial charge on any atom is 0.261 e. The maximum atomic E-state index is 12.6. The second-order valence-corrected chi connectivity index (χ2v) is 7.95. The summed E-state index contributed by atoms with van der Waals surface area (Å²) in [5.74, 6) is 0.151. The highest BCUT2D eigenvalue weighted by molar-refractivity contribution is 7.28. The number of aromatic nitrogens is 2. The van der Waals surface area contributed by atoms with E-state index >= 15 is 0 Å². The van der Waals surface area contributed by atoms with Crippen molar-refractivity contribution in [3.63, 3.8) is 0 Å². The van der Waals surface area contributed by atoms with E-state index in [1.165, 1.54) is 18.4 Å². The molecule has 1 amide bonds. The summed E-state index contributed by atoms with van der Waals surface area (Å²) < 4.78 is 7.35. The summed E-state index contributed by atoms with van der Waals surface area (Å²) in [7, 11) is 1.51. The lowest BCUT2D eigenvalue weighted by atomic mass is 10.2. The summed E-state index contributed by atoms with van der Waals surface area (Å²) in [6.45, 7) is 1.98. The fourth-order valence-corrected chi connectivity index (χ4v) is 4.73. The SMILES string of the molecule is COc1ccc(Cl)cc1C(=O)Nc1nc2ccc3nc(C)sc3c2s1. The minimum Gasteiger partial charge on any atom is -0.496 e. The lowest BCUT2D eigenvalue weighted by Crippen LogP contribution is -2.13. The summed E-state index contributed by atoms with van der Waals surface area (Å²) in [6.07, 6.45) is 0. The van der Waals surface area contributed by atoms with Crippen LogP contribution in [0.2, 0.25) is 5.02 Å². The van der Waals surface area contributed by atoms with Crippen molar-refractivity contribution in [2.75, 3.05) is 12.4 Å². The first-order valence-electron chi connectivity index (χ1n) is 7.37. The van der Waals surface area contributed by atoms with Crippen molar-refractivity contribution in [2.45, 2.75) is 6.92 Å². The summed E-state index contributed by atoms with van der Waals surface area (Å²) in [5.41, 5.74) is 2.16. The lowest BCUT2D eigenvalue weighted by Gasteiger charge is -2.08. The van der Waals surface area contributed by atoms with Gasteiger partial charge < -0.3 is 4.74 Å². The number of benzene rings is 2. The van der Waals surface area contributed by atoms with E-state index in [0.717, 1.165) is 25.4 Å². The summed E-state index contributed by atoms with van der Waals surface area (Å²) >= 11 is 9.06. The van der Waals surface area contributed by atoms with Gasteiger partial charge in [-0.1, -0.05) is 22.9 Å². The molecule has 0 atom stereocenters. The number of hydrogen-bond donors (Lipinski definition) is 1. The van der Waals surface area contributed by atoms with E-state index < -0.39 is 0 Å². The third kappa shape index (κ3) is 2.95. The Morgan fingerprint density at radius 3 is 2.60 bits per heavy atom. The molecule has 2 aromatic carbocycles. The molecule has 2 heterocycles. The number of nitrogens with zero attached hydrogens (tertiary/aromatic N) is 2. The number of methoxy groups -OCH3 is 1. The van der Waals surface area contributed by atoms with Crippen LogP contribution in [0.25, 0.3) is 20.4 Å². The molecular weight excluding hydrogens is 378 g/mol. The van der Waals surface area contributed by atoms with Gasteiger partial charge in [-0.3, -0.25) is 10.1 Å². The lowest BCUT2D eigenvalue weighted by molar-refractivity contribution is 0.102. The van der Waals surface area contributed by atoms with Gasteiger partial charge in [0.05, 0.1) is 38.1 Å². The van der Waals surface area contributed by atoms with Crippen LogP contribution in [0.15, 0.2) is 30.3 Å². The van der Waals surface area contributed by atoms with Crippen molar-refractivity contribution in [3.05, 3.63) is 45.9 Å². The predicted molar refractivity (Wildman–Crippen MR) is 103 cm³/mol. The molecule has 0 fully saturated rings. The third-order valence-electron chi connectivity index (χ3n) is 3.65. The number of halogens is 1. The van der Waals surface area contributed by atoms with Gasteiger partial charge in [0, 0.05) is 5.02 Å². The number of anilines is 1. The Morgan fingerprint density at radius 1 is 1.12 bits per heavy atom. The molecule has 126 valence electrons. The first kappa shape index (κ1) is 16.3. The van der Waals surface area contributed by atoms with E-state index in [1.807, 2.05) is 19.1 Å². The van der Waals surface area contributed by atoms with Crippen LogP contribution in [0.5, 0.6) is 5.75 Å². The zero-order valence-corrected chi connectivity index (χ0v) is 15.7. The van der Waals surface area contributed by atoms with Crippen LogP contribution in [-0.2, 0) is 0 Å². The molecule has 0 unspecified atom stereocenters. The topological polar surface area (TPSA) is 64.1 Å². The number of amides is 1.